The molecule has 0 fully saturated rings. The number of halogens is 2. The summed E-state index contributed by atoms with van der Waals surface area (Å²) in [5.41, 5.74) is 5.41. The van der Waals surface area contributed by atoms with Crippen LogP contribution in [0.5, 0.6) is 0 Å². The molecular formula is C13H10F2N2O2S2. The van der Waals surface area contributed by atoms with Crippen molar-refractivity contribution in [3.63, 3.8) is 0 Å². The maximum atomic E-state index is 13.0. The van der Waals surface area contributed by atoms with Gasteiger partial charge >= 0.3 is 0 Å². The number of thiophene rings is 1. The van der Waals surface area contributed by atoms with E-state index in [0.717, 1.165) is 23.9 Å². The van der Waals surface area contributed by atoms with Crippen molar-refractivity contribution in [1.29, 1.82) is 0 Å². The second-order valence-corrected chi connectivity index (χ2v) is 5.91. The topological polar surface area (TPSA) is 72.2 Å². The Hall–Kier alpha value is -1.93. The van der Waals surface area contributed by atoms with Gasteiger partial charge in [0.25, 0.3) is 5.91 Å². The van der Waals surface area contributed by atoms with Gasteiger partial charge in [0.2, 0.25) is 5.91 Å². The van der Waals surface area contributed by atoms with E-state index >= 15 is 0 Å². The molecule has 0 unspecified atom stereocenters. The van der Waals surface area contributed by atoms with Crippen LogP contribution in [-0.4, -0.2) is 17.6 Å². The molecule has 2 rings (SSSR count). The number of anilines is 1. The lowest BCUT2D eigenvalue weighted by atomic mass is 10.3. The van der Waals surface area contributed by atoms with E-state index in [-0.39, 0.29) is 17.2 Å². The number of nitrogens with two attached hydrogens (primary N) is 1. The molecule has 0 aliphatic rings. The minimum atomic E-state index is -0.963. The molecule has 2 amide bonds. The average Bonchev–Trinajstić information content (AvgIpc) is 2.88. The van der Waals surface area contributed by atoms with E-state index in [1.807, 2.05) is 0 Å². The molecule has 21 heavy (non-hydrogen) atoms. The van der Waals surface area contributed by atoms with Gasteiger partial charge in [0.1, 0.15) is 5.00 Å². The summed E-state index contributed by atoms with van der Waals surface area (Å²) in [5, 5.41) is 4.57. The summed E-state index contributed by atoms with van der Waals surface area (Å²) in [7, 11) is 0. The lowest BCUT2D eigenvalue weighted by molar-refractivity contribution is -0.113. The zero-order valence-corrected chi connectivity index (χ0v) is 12.2. The number of hydrogen-bond acceptors (Lipinski definition) is 4. The SMILES string of the molecule is NC(=O)c1ccsc1NC(=O)CSc1ccc(F)c(F)c1. The summed E-state index contributed by atoms with van der Waals surface area (Å²) in [6, 6.07) is 4.93. The Morgan fingerprint density at radius 1 is 1.24 bits per heavy atom. The van der Waals surface area contributed by atoms with Crippen LogP contribution in [0.3, 0.4) is 0 Å². The van der Waals surface area contributed by atoms with Crippen LogP contribution < -0.4 is 11.1 Å². The molecule has 3 N–H and O–H groups in total. The second kappa shape index (κ2) is 6.68. The minimum Gasteiger partial charge on any atom is -0.366 e. The second-order valence-electron chi connectivity index (χ2n) is 3.94. The largest absolute Gasteiger partial charge is 0.366 e. The molecule has 2 aromatic rings. The normalized spacial score (nSPS) is 10.4. The van der Waals surface area contributed by atoms with Crippen molar-refractivity contribution >= 4 is 39.9 Å². The van der Waals surface area contributed by atoms with Crippen molar-refractivity contribution in [2.75, 3.05) is 11.1 Å². The van der Waals surface area contributed by atoms with Crippen LogP contribution in [0.15, 0.2) is 34.5 Å². The quantitative estimate of drug-likeness (QED) is 0.829. The highest BCUT2D eigenvalue weighted by molar-refractivity contribution is 8.00. The van der Waals surface area contributed by atoms with Gasteiger partial charge < -0.3 is 11.1 Å². The van der Waals surface area contributed by atoms with Gasteiger partial charge in [-0.1, -0.05) is 0 Å². The van der Waals surface area contributed by atoms with Gasteiger partial charge in [-0.05, 0) is 29.6 Å². The molecule has 1 aromatic carbocycles. The first-order chi connectivity index (χ1) is 9.97. The summed E-state index contributed by atoms with van der Waals surface area (Å²) in [6.07, 6.45) is 0. The number of amides is 2. The van der Waals surface area contributed by atoms with Crippen LogP contribution in [0.1, 0.15) is 10.4 Å². The predicted molar refractivity (Wildman–Crippen MR) is 78.5 cm³/mol. The van der Waals surface area contributed by atoms with E-state index in [1.54, 1.807) is 5.38 Å². The van der Waals surface area contributed by atoms with Crippen molar-refractivity contribution in [3.05, 3.63) is 46.8 Å². The molecular weight excluding hydrogens is 318 g/mol. The molecule has 1 heterocycles. The van der Waals surface area contributed by atoms with E-state index in [1.165, 1.54) is 23.5 Å². The highest BCUT2D eigenvalue weighted by Crippen LogP contribution is 2.24. The highest BCUT2D eigenvalue weighted by atomic mass is 32.2. The number of carbonyl (C=O) groups excluding carboxylic acids is 2. The van der Waals surface area contributed by atoms with E-state index in [0.29, 0.717) is 9.90 Å². The summed E-state index contributed by atoms with van der Waals surface area (Å²) in [5.74, 6) is -2.89. The third-order valence-electron chi connectivity index (χ3n) is 2.44. The van der Waals surface area contributed by atoms with Crippen LogP contribution in [0.25, 0.3) is 0 Å². The van der Waals surface area contributed by atoms with Crippen molar-refractivity contribution in [2.24, 2.45) is 5.73 Å². The van der Waals surface area contributed by atoms with Gasteiger partial charge in [0.05, 0.1) is 11.3 Å². The smallest absolute Gasteiger partial charge is 0.251 e. The molecule has 0 aliphatic carbocycles. The molecule has 0 bridgehead atoms. The van der Waals surface area contributed by atoms with Crippen molar-refractivity contribution < 1.29 is 18.4 Å². The highest BCUT2D eigenvalue weighted by Gasteiger charge is 2.13. The lowest BCUT2D eigenvalue weighted by Crippen LogP contribution is -2.17. The summed E-state index contributed by atoms with van der Waals surface area (Å²) < 4.78 is 25.8. The van der Waals surface area contributed by atoms with Gasteiger partial charge in [-0.2, -0.15) is 0 Å². The Bertz CT molecular complexity index is 689. The molecule has 1 aromatic heterocycles. The van der Waals surface area contributed by atoms with Gasteiger partial charge in [-0.25, -0.2) is 8.78 Å². The Balaban J connectivity index is 1.94. The van der Waals surface area contributed by atoms with Crippen molar-refractivity contribution in [2.45, 2.75) is 4.90 Å². The average molecular weight is 328 g/mol. The van der Waals surface area contributed by atoms with E-state index in [2.05, 4.69) is 5.32 Å². The first kappa shape index (κ1) is 15.5. The molecule has 0 saturated carbocycles. The van der Waals surface area contributed by atoms with Crippen LogP contribution in [-0.2, 0) is 4.79 Å². The number of benzene rings is 1. The van der Waals surface area contributed by atoms with Crippen molar-refractivity contribution in [3.8, 4) is 0 Å². The van der Waals surface area contributed by atoms with E-state index < -0.39 is 17.5 Å². The van der Waals surface area contributed by atoms with E-state index in [4.69, 9.17) is 5.73 Å². The zero-order valence-electron chi connectivity index (χ0n) is 10.6. The fraction of sp³-hybridized carbons (Fsp3) is 0.0769. The zero-order chi connectivity index (χ0) is 15.4. The molecule has 0 aliphatic heterocycles. The van der Waals surface area contributed by atoms with Crippen molar-refractivity contribution in [1.82, 2.24) is 0 Å². The molecule has 110 valence electrons. The molecule has 0 atom stereocenters. The van der Waals surface area contributed by atoms with Crippen LogP contribution in [0.4, 0.5) is 13.8 Å². The first-order valence-corrected chi connectivity index (χ1v) is 7.59. The number of carbonyl (C=O) groups is 2. The molecule has 4 nitrogen and oxygen atoms in total. The number of nitrogens with one attached hydrogen (secondary N) is 1. The fourth-order valence-corrected chi connectivity index (χ4v) is 3.01. The third-order valence-corrected chi connectivity index (χ3v) is 4.27. The lowest BCUT2D eigenvalue weighted by Gasteiger charge is -2.05. The summed E-state index contributed by atoms with van der Waals surface area (Å²) >= 11 is 2.24. The molecule has 0 saturated heterocycles. The van der Waals surface area contributed by atoms with Crippen LogP contribution in [0.2, 0.25) is 0 Å². The Labute approximate surface area is 127 Å². The van der Waals surface area contributed by atoms with Gasteiger partial charge in [-0.15, -0.1) is 23.1 Å². The van der Waals surface area contributed by atoms with Crippen LogP contribution in [0, 0.1) is 11.6 Å². The fourth-order valence-electron chi connectivity index (χ4n) is 1.48. The monoisotopic (exact) mass is 328 g/mol. The van der Waals surface area contributed by atoms with Gasteiger partial charge in [0.15, 0.2) is 11.6 Å². The molecule has 0 radical (unpaired) electrons. The summed E-state index contributed by atoms with van der Waals surface area (Å²) in [4.78, 5) is 23.3. The predicted octanol–water partition coefficient (Wildman–Crippen LogP) is 2.86. The molecule has 0 spiro atoms. The number of primary amides is 1. The minimum absolute atomic E-state index is 0.00116. The summed E-state index contributed by atoms with van der Waals surface area (Å²) in [6.45, 7) is 0. The first-order valence-electron chi connectivity index (χ1n) is 5.72. The Kier molecular flexibility index (Phi) is 4.92. The Morgan fingerprint density at radius 2 is 2.00 bits per heavy atom. The van der Waals surface area contributed by atoms with Crippen LogP contribution >= 0.6 is 23.1 Å². The van der Waals surface area contributed by atoms with E-state index in [9.17, 15) is 18.4 Å². The number of rotatable bonds is 5. The standard InChI is InChI=1S/C13H10F2N2O2S2/c14-9-2-1-7(5-10(9)15)21-6-11(18)17-13-8(12(16)19)3-4-20-13/h1-5H,6H2,(H2,16,19)(H,17,18). The number of thioether (sulfide) groups is 1. The Morgan fingerprint density at radius 3 is 2.67 bits per heavy atom. The third kappa shape index (κ3) is 4.02. The number of hydrogen-bond donors (Lipinski definition) is 2. The van der Waals surface area contributed by atoms with Gasteiger partial charge in [0, 0.05) is 4.90 Å². The van der Waals surface area contributed by atoms with Gasteiger partial charge in [-0.3, -0.25) is 9.59 Å². The molecule has 8 heteroatoms. The maximum Gasteiger partial charge on any atom is 0.251 e. The maximum absolute atomic E-state index is 13.0.